The molecule has 1 saturated heterocycles. The van der Waals surface area contributed by atoms with Gasteiger partial charge in [0.2, 0.25) is 10.0 Å². The van der Waals surface area contributed by atoms with Gasteiger partial charge in [0.15, 0.2) is 0 Å². The molecule has 0 amide bonds. The maximum Gasteiger partial charge on any atom is 0.303 e. The van der Waals surface area contributed by atoms with Crippen LogP contribution in [0.1, 0.15) is 17.7 Å². The lowest BCUT2D eigenvalue weighted by Gasteiger charge is -2.33. The maximum absolute atomic E-state index is 12.1. The van der Waals surface area contributed by atoms with Crippen LogP contribution >= 0.6 is 11.3 Å². The predicted molar refractivity (Wildman–Crippen MR) is 81.8 cm³/mol. The molecule has 1 fully saturated rings. The van der Waals surface area contributed by atoms with Crippen molar-refractivity contribution in [2.75, 3.05) is 31.9 Å². The number of piperazine rings is 1. The minimum absolute atomic E-state index is 0.0791. The summed E-state index contributed by atoms with van der Waals surface area (Å²) in [6.45, 7) is 3.28. The number of hydrogen-bond acceptors (Lipinski definition) is 5. The summed E-state index contributed by atoms with van der Waals surface area (Å²) in [5, 5.41) is 10.6. The highest BCUT2D eigenvalue weighted by Gasteiger charge is 2.26. The van der Waals surface area contributed by atoms with Crippen LogP contribution < -0.4 is 0 Å². The van der Waals surface area contributed by atoms with E-state index in [1.807, 2.05) is 11.4 Å². The van der Waals surface area contributed by atoms with E-state index in [-0.39, 0.29) is 18.6 Å². The Morgan fingerprint density at radius 1 is 1.29 bits per heavy atom. The first-order valence-electron chi connectivity index (χ1n) is 6.92. The van der Waals surface area contributed by atoms with Crippen molar-refractivity contribution in [2.24, 2.45) is 0 Å². The monoisotopic (exact) mass is 332 g/mol. The van der Waals surface area contributed by atoms with Gasteiger partial charge in [-0.05, 0) is 17.9 Å². The van der Waals surface area contributed by atoms with E-state index in [1.54, 1.807) is 11.3 Å². The number of carboxylic acid groups (broad SMARTS) is 1. The van der Waals surface area contributed by atoms with E-state index in [4.69, 9.17) is 5.11 Å². The van der Waals surface area contributed by atoms with Crippen LogP contribution in [0.25, 0.3) is 0 Å². The first kappa shape index (κ1) is 16.4. The van der Waals surface area contributed by atoms with Crippen molar-refractivity contribution in [1.82, 2.24) is 9.21 Å². The van der Waals surface area contributed by atoms with Crippen molar-refractivity contribution < 1.29 is 18.3 Å². The van der Waals surface area contributed by atoms with Crippen LogP contribution in [-0.2, 0) is 21.4 Å². The Balaban J connectivity index is 1.78. The summed E-state index contributed by atoms with van der Waals surface area (Å²) in [7, 11) is -3.32. The number of sulfonamides is 1. The average molecular weight is 332 g/mol. The van der Waals surface area contributed by atoms with Crippen molar-refractivity contribution >= 4 is 27.3 Å². The lowest BCUT2D eigenvalue weighted by atomic mass is 10.3. The van der Waals surface area contributed by atoms with Gasteiger partial charge in [0.1, 0.15) is 0 Å². The third kappa shape index (κ3) is 5.06. The lowest BCUT2D eigenvalue weighted by Crippen LogP contribution is -2.48. The van der Waals surface area contributed by atoms with Gasteiger partial charge in [0, 0.05) is 44.0 Å². The summed E-state index contributed by atoms with van der Waals surface area (Å²) < 4.78 is 25.7. The Morgan fingerprint density at radius 3 is 2.57 bits per heavy atom. The zero-order valence-electron chi connectivity index (χ0n) is 11.8. The normalized spacial score (nSPS) is 17.9. The minimum atomic E-state index is -3.32. The van der Waals surface area contributed by atoms with Crippen LogP contribution in [-0.4, -0.2) is 60.6 Å². The number of thiophene rings is 1. The minimum Gasteiger partial charge on any atom is -0.481 e. The van der Waals surface area contributed by atoms with Gasteiger partial charge in [0.25, 0.3) is 0 Å². The highest BCUT2D eigenvalue weighted by molar-refractivity contribution is 7.89. The predicted octanol–water partition coefficient (Wildman–Crippen LogP) is 1.06. The van der Waals surface area contributed by atoms with Crippen molar-refractivity contribution in [2.45, 2.75) is 19.4 Å². The molecule has 0 atom stereocenters. The summed E-state index contributed by atoms with van der Waals surface area (Å²) >= 11 is 1.71. The molecule has 0 bridgehead atoms. The van der Waals surface area contributed by atoms with Crippen LogP contribution in [0.3, 0.4) is 0 Å². The van der Waals surface area contributed by atoms with Crippen LogP contribution in [0.4, 0.5) is 0 Å². The molecule has 8 heteroatoms. The van der Waals surface area contributed by atoms with E-state index in [0.29, 0.717) is 13.1 Å². The molecule has 118 valence electrons. The molecular weight excluding hydrogens is 312 g/mol. The van der Waals surface area contributed by atoms with Gasteiger partial charge in [-0.1, -0.05) is 6.07 Å². The molecule has 21 heavy (non-hydrogen) atoms. The van der Waals surface area contributed by atoms with Crippen molar-refractivity contribution in [3.05, 3.63) is 22.4 Å². The maximum atomic E-state index is 12.1. The topological polar surface area (TPSA) is 77.9 Å². The fourth-order valence-electron chi connectivity index (χ4n) is 2.32. The number of hydrogen-bond donors (Lipinski definition) is 1. The molecule has 0 aliphatic carbocycles. The number of aliphatic carboxylic acids is 1. The van der Waals surface area contributed by atoms with Gasteiger partial charge in [-0.15, -0.1) is 11.3 Å². The van der Waals surface area contributed by atoms with Crippen LogP contribution in [0.2, 0.25) is 0 Å². The molecule has 1 aliphatic rings. The van der Waals surface area contributed by atoms with E-state index in [0.717, 1.165) is 19.6 Å². The van der Waals surface area contributed by atoms with Crippen molar-refractivity contribution in [1.29, 1.82) is 0 Å². The Bertz CT molecular complexity index is 549. The zero-order chi connectivity index (χ0) is 15.3. The largest absolute Gasteiger partial charge is 0.481 e. The third-order valence-corrected chi connectivity index (χ3v) is 6.29. The van der Waals surface area contributed by atoms with Gasteiger partial charge in [-0.3, -0.25) is 9.69 Å². The van der Waals surface area contributed by atoms with E-state index in [1.165, 1.54) is 9.18 Å². The van der Waals surface area contributed by atoms with Gasteiger partial charge < -0.3 is 5.11 Å². The number of carbonyl (C=O) groups is 1. The Hall–Kier alpha value is -0.960. The van der Waals surface area contributed by atoms with Gasteiger partial charge in [-0.2, -0.15) is 4.31 Å². The van der Waals surface area contributed by atoms with Gasteiger partial charge >= 0.3 is 5.97 Å². The van der Waals surface area contributed by atoms with E-state index >= 15 is 0 Å². The average Bonchev–Trinajstić information content (AvgIpc) is 2.91. The number of rotatable bonds is 7. The summed E-state index contributed by atoms with van der Waals surface area (Å²) in [5.41, 5.74) is 0. The molecule has 0 saturated carbocycles. The highest BCUT2D eigenvalue weighted by Crippen LogP contribution is 2.15. The van der Waals surface area contributed by atoms with Crippen LogP contribution in [0.15, 0.2) is 17.5 Å². The second-order valence-electron chi connectivity index (χ2n) is 5.07. The third-order valence-electron chi connectivity index (χ3n) is 3.48. The zero-order valence-corrected chi connectivity index (χ0v) is 13.4. The van der Waals surface area contributed by atoms with Gasteiger partial charge in [-0.25, -0.2) is 8.42 Å². The highest BCUT2D eigenvalue weighted by atomic mass is 32.2. The molecule has 0 radical (unpaired) electrons. The summed E-state index contributed by atoms with van der Waals surface area (Å²) in [6, 6.07) is 4.10. The van der Waals surface area contributed by atoms with E-state index < -0.39 is 16.0 Å². The van der Waals surface area contributed by atoms with E-state index in [2.05, 4.69) is 11.0 Å². The molecule has 6 nitrogen and oxygen atoms in total. The van der Waals surface area contributed by atoms with E-state index in [9.17, 15) is 13.2 Å². The molecule has 1 N–H and O–H groups in total. The van der Waals surface area contributed by atoms with Crippen LogP contribution in [0.5, 0.6) is 0 Å². The standard InChI is InChI=1S/C13H20N2O4S2/c16-13(17)4-2-10-21(18,19)15-7-5-14(6-8-15)11-12-3-1-9-20-12/h1,3,9H,2,4-8,10-11H2,(H,16,17). The second-order valence-corrected chi connectivity index (χ2v) is 8.19. The summed E-state index contributed by atoms with van der Waals surface area (Å²) in [6.07, 6.45) is 0.0741. The molecule has 1 aliphatic heterocycles. The van der Waals surface area contributed by atoms with Crippen LogP contribution in [0, 0.1) is 0 Å². The summed E-state index contributed by atoms with van der Waals surface area (Å²) in [5.74, 6) is -1.03. The Labute approximate surface area is 129 Å². The lowest BCUT2D eigenvalue weighted by molar-refractivity contribution is -0.137. The molecule has 1 aromatic heterocycles. The number of carboxylic acids is 1. The van der Waals surface area contributed by atoms with Crippen molar-refractivity contribution in [3.8, 4) is 0 Å². The molecule has 1 aromatic rings. The fourth-order valence-corrected chi connectivity index (χ4v) is 4.56. The first-order valence-corrected chi connectivity index (χ1v) is 9.40. The first-order chi connectivity index (χ1) is 9.97. The Kier molecular flexibility index (Phi) is 5.74. The quantitative estimate of drug-likeness (QED) is 0.808. The van der Waals surface area contributed by atoms with Gasteiger partial charge in [0.05, 0.1) is 5.75 Å². The number of nitrogens with zero attached hydrogens (tertiary/aromatic N) is 2. The molecule has 0 aromatic carbocycles. The molecule has 0 spiro atoms. The molecule has 0 unspecified atom stereocenters. The summed E-state index contributed by atoms with van der Waals surface area (Å²) in [4.78, 5) is 14.0. The smallest absolute Gasteiger partial charge is 0.303 e. The fraction of sp³-hybridized carbons (Fsp3) is 0.615. The molecule has 2 heterocycles. The van der Waals surface area contributed by atoms with Crippen molar-refractivity contribution in [3.63, 3.8) is 0 Å². The molecule has 2 rings (SSSR count). The SMILES string of the molecule is O=C(O)CCCS(=O)(=O)N1CCN(Cc2cccs2)CC1. The Morgan fingerprint density at radius 2 is 2.00 bits per heavy atom. The second kappa shape index (κ2) is 7.35. The molecular formula is C13H20N2O4S2.